The molecular formula is C70H44N2. The van der Waals surface area contributed by atoms with Crippen LogP contribution in [0.15, 0.2) is 267 Å². The molecule has 0 unspecified atom stereocenters. The summed E-state index contributed by atoms with van der Waals surface area (Å²) >= 11 is 0. The maximum Gasteiger partial charge on any atom is 0.0620 e. The first-order valence-corrected chi connectivity index (χ1v) is 24.9. The highest BCUT2D eigenvalue weighted by atomic mass is 15.0. The van der Waals surface area contributed by atoms with Crippen molar-refractivity contribution in [2.24, 2.45) is 0 Å². The van der Waals surface area contributed by atoms with E-state index >= 15 is 0 Å². The highest BCUT2D eigenvalue weighted by Gasteiger charge is 2.27. The van der Waals surface area contributed by atoms with Crippen molar-refractivity contribution in [2.75, 3.05) is 0 Å². The van der Waals surface area contributed by atoms with E-state index in [0.29, 0.717) is 0 Å². The molecule has 2 nitrogen and oxygen atoms in total. The van der Waals surface area contributed by atoms with E-state index < -0.39 is 0 Å². The zero-order chi connectivity index (χ0) is 47.3. The zero-order valence-corrected chi connectivity index (χ0v) is 39.3. The highest BCUT2D eigenvalue weighted by molar-refractivity contribution is 6.26. The van der Waals surface area contributed by atoms with E-state index in [9.17, 15) is 0 Å². The van der Waals surface area contributed by atoms with Gasteiger partial charge < -0.3 is 9.13 Å². The van der Waals surface area contributed by atoms with Gasteiger partial charge in [0.1, 0.15) is 0 Å². The van der Waals surface area contributed by atoms with Crippen molar-refractivity contribution in [2.45, 2.75) is 0 Å². The van der Waals surface area contributed by atoms with Crippen LogP contribution in [-0.2, 0) is 0 Å². The van der Waals surface area contributed by atoms with Gasteiger partial charge in [-0.15, -0.1) is 0 Å². The summed E-state index contributed by atoms with van der Waals surface area (Å²) in [6.45, 7) is 0. The number of rotatable bonds is 6. The number of benzene rings is 13. The summed E-state index contributed by atoms with van der Waals surface area (Å²) < 4.78 is 5.10. The van der Waals surface area contributed by atoms with Crippen LogP contribution in [0.2, 0.25) is 0 Å². The minimum Gasteiger partial charge on any atom is -0.308 e. The SMILES string of the molecule is c1ccc(-c2c(-c3ccccc3)n(-c3ccc4c(ccc5ccccc54)c3)c3c2ccc2c4ccc5c(-c6ccccc6)c(-c6ccccc6)n(-c6ccc7c(ccc8ccccc87)c6)c5c4ccc23)cc1. The van der Waals surface area contributed by atoms with Crippen molar-refractivity contribution < 1.29 is 0 Å². The molecule has 2 heterocycles. The lowest BCUT2D eigenvalue weighted by Gasteiger charge is -2.17. The molecule has 0 atom stereocenters. The van der Waals surface area contributed by atoms with Crippen LogP contribution in [0.25, 0.3) is 143 Å². The number of nitrogens with zero attached hydrogens (tertiary/aromatic N) is 2. The van der Waals surface area contributed by atoms with E-state index in [0.717, 1.165) is 11.4 Å². The Morgan fingerprint density at radius 1 is 0.194 bits per heavy atom. The largest absolute Gasteiger partial charge is 0.308 e. The summed E-state index contributed by atoms with van der Waals surface area (Å²) in [4.78, 5) is 0. The number of hydrogen-bond acceptors (Lipinski definition) is 0. The van der Waals surface area contributed by atoms with Crippen LogP contribution in [0, 0.1) is 0 Å². The lowest BCUT2D eigenvalue weighted by atomic mass is 9.94. The van der Waals surface area contributed by atoms with E-state index in [4.69, 9.17) is 0 Å². The Labute approximate surface area is 416 Å². The van der Waals surface area contributed by atoms with Crippen LogP contribution >= 0.6 is 0 Å². The molecule has 0 aliphatic carbocycles. The normalized spacial score (nSPS) is 11.9. The Kier molecular flexibility index (Phi) is 8.99. The third-order valence-corrected chi connectivity index (χ3v) is 15.2. The van der Waals surface area contributed by atoms with E-state index in [1.165, 1.54) is 131 Å². The summed E-state index contributed by atoms with van der Waals surface area (Å²) in [5.74, 6) is 0. The molecule has 0 aliphatic heterocycles. The van der Waals surface area contributed by atoms with E-state index in [2.05, 4.69) is 276 Å². The molecule has 13 aromatic carbocycles. The fraction of sp³-hybridized carbons (Fsp3) is 0. The van der Waals surface area contributed by atoms with Crippen molar-refractivity contribution in [3.05, 3.63) is 267 Å². The molecule has 72 heavy (non-hydrogen) atoms. The van der Waals surface area contributed by atoms with Gasteiger partial charge in [-0.2, -0.15) is 0 Å². The van der Waals surface area contributed by atoms with Crippen molar-refractivity contribution in [3.63, 3.8) is 0 Å². The van der Waals surface area contributed by atoms with Gasteiger partial charge in [-0.1, -0.05) is 243 Å². The smallest absolute Gasteiger partial charge is 0.0620 e. The van der Waals surface area contributed by atoms with Gasteiger partial charge in [0.15, 0.2) is 0 Å². The van der Waals surface area contributed by atoms with Crippen LogP contribution in [0.4, 0.5) is 0 Å². The number of aromatic nitrogens is 2. The summed E-state index contributed by atoms with van der Waals surface area (Å²) in [5.41, 5.74) is 14.2. The second kappa shape index (κ2) is 16.0. The van der Waals surface area contributed by atoms with Gasteiger partial charge in [0.05, 0.1) is 22.4 Å². The number of fused-ring (bicyclic) bond motifs is 13. The van der Waals surface area contributed by atoms with Crippen molar-refractivity contribution in [1.82, 2.24) is 9.13 Å². The van der Waals surface area contributed by atoms with Gasteiger partial charge in [-0.25, -0.2) is 0 Å². The first kappa shape index (κ1) is 40.4. The molecule has 2 heteroatoms. The molecule has 334 valence electrons. The van der Waals surface area contributed by atoms with Gasteiger partial charge >= 0.3 is 0 Å². The third-order valence-electron chi connectivity index (χ3n) is 15.2. The second-order valence-corrected chi connectivity index (χ2v) is 19.1. The van der Waals surface area contributed by atoms with Crippen LogP contribution in [0.1, 0.15) is 0 Å². The lowest BCUT2D eigenvalue weighted by molar-refractivity contribution is 1.14. The molecule has 15 aromatic rings. The summed E-state index contributed by atoms with van der Waals surface area (Å²) in [6, 6.07) is 98.8. The molecule has 0 fully saturated rings. The summed E-state index contributed by atoms with van der Waals surface area (Å²) in [5, 5.41) is 17.3. The van der Waals surface area contributed by atoms with Crippen LogP contribution in [0.5, 0.6) is 0 Å². The second-order valence-electron chi connectivity index (χ2n) is 19.1. The molecule has 0 saturated carbocycles. The third kappa shape index (κ3) is 6.09. The predicted octanol–water partition coefficient (Wildman–Crippen LogP) is 19.2. The minimum absolute atomic E-state index is 1.13. The predicted molar refractivity (Wildman–Crippen MR) is 307 cm³/mol. The molecule has 0 saturated heterocycles. The molecule has 0 radical (unpaired) electrons. The zero-order valence-electron chi connectivity index (χ0n) is 39.3. The van der Waals surface area contributed by atoms with E-state index in [1.54, 1.807) is 0 Å². The molecule has 0 N–H and O–H groups in total. The molecule has 15 rings (SSSR count). The van der Waals surface area contributed by atoms with E-state index in [-0.39, 0.29) is 0 Å². The molecule has 0 aliphatic rings. The molecule has 0 bridgehead atoms. The van der Waals surface area contributed by atoms with Crippen LogP contribution in [0.3, 0.4) is 0 Å². The Morgan fingerprint density at radius 2 is 0.500 bits per heavy atom. The molecule has 0 spiro atoms. The fourth-order valence-electron chi connectivity index (χ4n) is 12.1. The maximum absolute atomic E-state index is 2.55. The summed E-state index contributed by atoms with van der Waals surface area (Å²) in [6.07, 6.45) is 0. The minimum atomic E-state index is 1.13. The first-order valence-electron chi connectivity index (χ1n) is 24.9. The maximum atomic E-state index is 2.55. The average molecular weight is 913 g/mol. The Balaban J connectivity index is 1.08. The average Bonchev–Trinajstić information content (AvgIpc) is 4.00. The standard InChI is InChI=1S/C70H44N2/c1-5-19-47(20-6-1)65-63-41-37-59-60-38-42-64-66(48-21-7-2-8-22-48)68(50-25-11-4-12-26-50)72(54-34-36-58-52(44-54)32-30-46-18-14-16-28-56(46)58)70(64)62(60)40-39-61(59)69(63)71(67(65)49-23-9-3-10-24-49)53-33-35-57-51(43-53)31-29-45-17-13-15-27-55(45)57/h1-44H. The van der Waals surface area contributed by atoms with Crippen molar-refractivity contribution >= 4 is 86.4 Å². The Hall–Kier alpha value is -9.50. The number of hydrogen-bond donors (Lipinski definition) is 0. The Morgan fingerprint density at radius 3 is 0.917 bits per heavy atom. The molecule has 0 amide bonds. The Bertz CT molecular complexity index is 4340. The lowest BCUT2D eigenvalue weighted by Crippen LogP contribution is -1.99. The molecule has 2 aromatic heterocycles. The fourth-order valence-corrected chi connectivity index (χ4v) is 12.1. The monoisotopic (exact) mass is 912 g/mol. The topological polar surface area (TPSA) is 9.86 Å². The first-order chi connectivity index (χ1) is 35.7. The van der Waals surface area contributed by atoms with Gasteiger partial charge in [-0.05, 0) is 100 Å². The van der Waals surface area contributed by atoms with Crippen LogP contribution in [-0.4, -0.2) is 9.13 Å². The van der Waals surface area contributed by atoms with E-state index in [1.807, 2.05) is 0 Å². The van der Waals surface area contributed by atoms with Crippen molar-refractivity contribution in [3.8, 4) is 56.1 Å². The van der Waals surface area contributed by atoms with Gasteiger partial charge in [0, 0.05) is 44.0 Å². The highest BCUT2D eigenvalue weighted by Crippen LogP contribution is 2.50. The summed E-state index contributed by atoms with van der Waals surface area (Å²) in [7, 11) is 0. The quantitative estimate of drug-likeness (QED) is 0.147. The van der Waals surface area contributed by atoms with Gasteiger partial charge in [0.25, 0.3) is 0 Å². The molecular weight excluding hydrogens is 869 g/mol. The van der Waals surface area contributed by atoms with Crippen molar-refractivity contribution in [1.29, 1.82) is 0 Å². The van der Waals surface area contributed by atoms with Crippen LogP contribution < -0.4 is 0 Å². The van der Waals surface area contributed by atoms with Gasteiger partial charge in [0.2, 0.25) is 0 Å². The van der Waals surface area contributed by atoms with Gasteiger partial charge in [-0.3, -0.25) is 0 Å².